The van der Waals surface area contributed by atoms with E-state index in [-0.39, 0.29) is 0 Å². The molecule has 1 aromatic heterocycles. The molecule has 2 heterocycles. The van der Waals surface area contributed by atoms with E-state index in [1.54, 1.807) is 0 Å². The zero-order chi connectivity index (χ0) is 11.7. The molecule has 2 unspecified atom stereocenters. The van der Waals surface area contributed by atoms with Crippen LogP contribution in [0.1, 0.15) is 13.8 Å². The van der Waals surface area contributed by atoms with E-state index in [0.717, 1.165) is 28.3 Å². The van der Waals surface area contributed by atoms with Crippen molar-refractivity contribution in [2.75, 3.05) is 22.9 Å². The Morgan fingerprint density at radius 3 is 3.00 bits per heavy atom. The van der Waals surface area contributed by atoms with E-state index in [1.165, 1.54) is 0 Å². The minimum atomic E-state index is 0.481. The van der Waals surface area contributed by atoms with E-state index >= 15 is 0 Å². The molecule has 3 nitrogen and oxygen atoms in total. The van der Waals surface area contributed by atoms with Crippen LogP contribution in [0.25, 0.3) is 0 Å². The van der Waals surface area contributed by atoms with Gasteiger partial charge in [-0.2, -0.15) is 11.8 Å². The molecule has 0 amide bonds. The number of halogens is 1. The SMILES string of the molecule is CC1SCCN(c2ncc(Br)cc2N)C1C. The molecule has 1 aliphatic heterocycles. The zero-order valence-corrected chi connectivity index (χ0v) is 11.9. The fourth-order valence-corrected chi connectivity index (χ4v) is 3.37. The van der Waals surface area contributed by atoms with Gasteiger partial charge in [0.05, 0.1) is 5.69 Å². The molecule has 0 bridgehead atoms. The maximum Gasteiger partial charge on any atom is 0.152 e. The summed E-state index contributed by atoms with van der Waals surface area (Å²) in [6, 6.07) is 2.40. The van der Waals surface area contributed by atoms with Crippen molar-refractivity contribution in [1.82, 2.24) is 4.98 Å². The number of nitrogens with zero attached hydrogens (tertiary/aromatic N) is 2. The number of pyridine rings is 1. The quantitative estimate of drug-likeness (QED) is 0.866. The van der Waals surface area contributed by atoms with Crippen molar-refractivity contribution in [1.29, 1.82) is 0 Å². The lowest BCUT2D eigenvalue weighted by Crippen LogP contribution is -2.45. The van der Waals surface area contributed by atoms with Crippen molar-refractivity contribution < 1.29 is 0 Å². The highest BCUT2D eigenvalue weighted by Crippen LogP contribution is 2.31. The first-order chi connectivity index (χ1) is 7.59. The summed E-state index contributed by atoms with van der Waals surface area (Å²) in [5.74, 6) is 2.06. The van der Waals surface area contributed by atoms with Gasteiger partial charge in [-0.15, -0.1) is 0 Å². The number of nitrogen functional groups attached to an aromatic ring is 1. The molecule has 88 valence electrons. The lowest BCUT2D eigenvalue weighted by atomic mass is 10.2. The van der Waals surface area contributed by atoms with Crippen LogP contribution in [0.15, 0.2) is 16.7 Å². The van der Waals surface area contributed by atoms with E-state index in [4.69, 9.17) is 5.73 Å². The second-order valence-corrected chi connectivity index (χ2v) is 6.48. The van der Waals surface area contributed by atoms with Crippen LogP contribution in [0, 0.1) is 0 Å². The van der Waals surface area contributed by atoms with E-state index in [9.17, 15) is 0 Å². The Bertz CT molecular complexity index is 385. The highest BCUT2D eigenvalue weighted by atomic mass is 79.9. The van der Waals surface area contributed by atoms with Crippen LogP contribution in [-0.2, 0) is 0 Å². The van der Waals surface area contributed by atoms with E-state index in [2.05, 4.69) is 39.7 Å². The minimum absolute atomic E-state index is 0.481. The number of nitrogens with two attached hydrogens (primary N) is 1. The summed E-state index contributed by atoms with van der Waals surface area (Å²) in [7, 11) is 0. The zero-order valence-electron chi connectivity index (χ0n) is 9.48. The average molecular weight is 302 g/mol. The second kappa shape index (κ2) is 4.84. The van der Waals surface area contributed by atoms with Crippen molar-refractivity contribution in [3.8, 4) is 0 Å². The first kappa shape index (κ1) is 12.0. The summed E-state index contributed by atoms with van der Waals surface area (Å²) in [5, 5.41) is 0.624. The third-order valence-electron chi connectivity index (χ3n) is 3.02. The van der Waals surface area contributed by atoms with Gasteiger partial charge in [-0.1, -0.05) is 6.92 Å². The number of anilines is 2. The van der Waals surface area contributed by atoms with Crippen molar-refractivity contribution in [2.24, 2.45) is 0 Å². The molecule has 0 aliphatic carbocycles. The maximum absolute atomic E-state index is 6.02. The largest absolute Gasteiger partial charge is 0.396 e. The smallest absolute Gasteiger partial charge is 0.152 e. The van der Waals surface area contributed by atoms with Crippen LogP contribution in [0.2, 0.25) is 0 Å². The number of rotatable bonds is 1. The van der Waals surface area contributed by atoms with E-state index in [0.29, 0.717) is 11.3 Å². The summed E-state index contributed by atoms with van der Waals surface area (Å²) in [6.45, 7) is 5.52. The Kier molecular flexibility index (Phi) is 3.64. The van der Waals surface area contributed by atoms with Gasteiger partial charge in [-0.25, -0.2) is 4.98 Å². The molecular weight excluding hydrogens is 286 g/mol. The molecule has 16 heavy (non-hydrogen) atoms. The predicted octanol–water partition coefficient (Wildman–Crippen LogP) is 2.76. The van der Waals surface area contributed by atoms with Gasteiger partial charge >= 0.3 is 0 Å². The lowest BCUT2D eigenvalue weighted by molar-refractivity contribution is 0.621. The fourth-order valence-electron chi connectivity index (χ4n) is 1.92. The van der Waals surface area contributed by atoms with Gasteiger partial charge in [-0.05, 0) is 28.9 Å². The topological polar surface area (TPSA) is 42.2 Å². The molecule has 0 spiro atoms. The molecule has 1 aromatic rings. The van der Waals surface area contributed by atoms with E-state index < -0.39 is 0 Å². The van der Waals surface area contributed by atoms with Gasteiger partial charge in [0, 0.05) is 34.3 Å². The van der Waals surface area contributed by atoms with Crippen molar-refractivity contribution in [3.05, 3.63) is 16.7 Å². The third-order valence-corrected chi connectivity index (χ3v) is 4.79. The third kappa shape index (κ3) is 2.30. The number of hydrogen-bond acceptors (Lipinski definition) is 4. The number of thioether (sulfide) groups is 1. The molecule has 5 heteroatoms. The summed E-state index contributed by atoms with van der Waals surface area (Å²) in [6.07, 6.45) is 1.81. The Hall–Kier alpha value is -0.420. The lowest BCUT2D eigenvalue weighted by Gasteiger charge is -2.38. The van der Waals surface area contributed by atoms with E-state index in [1.807, 2.05) is 24.0 Å². The van der Waals surface area contributed by atoms with Crippen LogP contribution in [0.3, 0.4) is 0 Å². The summed E-state index contributed by atoms with van der Waals surface area (Å²) in [4.78, 5) is 6.74. The minimum Gasteiger partial charge on any atom is -0.396 e. The van der Waals surface area contributed by atoms with Crippen LogP contribution >= 0.6 is 27.7 Å². The molecule has 1 fully saturated rings. The summed E-state index contributed by atoms with van der Waals surface area (Å²) >= 11 is 5.40. The molecule has 0 aromatic carbocycles. The van der Waals surface area contributed by atoms with Crippen LogP contribution in [0.5, 0.6) is 0 Å². The number of aromatic nitrogens is 1. The molecular formula is C11H16BrN3S. The van der Waals surface area contributed by atoms with Gasteiger partial charge < -0.3 is 10.6 Å². The molecule has 2 rings (SSSR count). The first-order valence-corrected chi connectivity index (χ1v) is 7.23. The van der Waals surface area contributed by atoms with Crippen LogP contribution in [-0.4, -0.2) is 28.6 Å². The van der Waals surface area contributed by atoms with Crippen LogP contribution < -0.4 is 10.6 Å². The van der Waals surface area contributed by atoms with Crippen molar-refractivity contribution in [3.63, 3.8) is 0 Å². The fraction of sp³-hybridized carbons (Fsp3) is 0.545. The van der Waals surface area contributed by atoms with Gasteiger partial charge in [-0.3, -0.25) is 0 Å². The predicted molar refractivity (Wildman–Crippen MR) is 75.1 cm³/mol. The molecule has 1 saturated heterocycles. The second-order valence-electron chi connectivity index (χ2n) is 4.08. The Morgan fingerprint density at radius 1 is 1.56 bits per heavy atom. The van der Waals surface area contributed by atoms with Crippen molar-refractivity contribution >= 4 is 39.2 Å². The summed E-state index contributed by atoms with van der Waals surface area (Å²) in [5.41, 5.74) is 6.77. The number of hydrogen-bond donors (Lipinski definition) is 1. The van der Waals surface area contributed by atoms with Gasteiger partial charge in [0.15, 0.2) is 5.82 Å². The Labute approximate surface area is 109 Å². The van der Waals surface area contributed by atoms with Gasteiger partial charge in [0.2, 0.25) is 0 Å². The standard InChI is InChI=1S/C11H16BrN3S/c1-7-8(2)16-4-3-15(7)11-10(13)5-9(12)6-14-11/h5-8H,3-4,13H2,1-2H3. The Balaban J connectivity index is 2.29. The van der Waals surface area contributed by atoms with Crippen LogP contribution in [0.4, 0.5) is 11.5 Å². The molecule has 0 radical (unpaired) electrons. The Morgan fingerprint density at radius 2 is 2.31 bits per heavy atom. The molecule has 2 N–H and O–H groups in total. The average Bonchev–Trinajstić information content (AvgIpc) is 2.23. The first-order valence-electron chi connectivity index (χ1n) is 5.39. The highest BCUT2D eigenvalue weighted by molar-refractivity contribution is 9.10. The van der Waals surface area contributed by atoms with Crippen molar-refractivity contribution in [2.45, 2.75) is 25.1 Å². The highest BCUT2D eigenvalue weighted by Gasteiger charge is 2.27. The van der Waals surface area contributed by atoms with Gasteiger partial charge in [0.25, 0.3) is 0 Å². The molecule has 0 saturated carbocycles. The maximum atomic E-state index is 6.02. The molecule has 2 atom stereocenters. The normalized spacial score (nSPS) is 25.8. The van der Waals surface area contributed by atoms with Gasteiger partial charge in [0.1, 0.15) is 0 Å². The molecule has 1 aliphatic rings. The summed E-state index contributed by atoms with van der Waals surface area (Å²) < 4.78 is 0.931. The monoisotopic (exact) mass is 301 g/mol.